The van der Waals surface area contributed by atoms with Crippen LogP contribution in [0.5, 0.6) is 0 Å². The van der Waals surface area contributed by atoms with E-state index in [-0.39, 0.29) is 5.60 Å². The van der Waals surface area contributed by atoms with Crippen LogP contribution in [0.2, 0.25) is 0 Å². The first-order valence-corrected chi connectivity index (χ1v) is 7.41. The Morgan fingerprint density at radius 2 is 1.43 bits per heavy atom. The third-order valence-corrected chi connectivity index (χ3v) is 3.44. The summed E-state index contributed by atoms with van der Waals surface area (Å²) in [5.41, 5.74) is 0.229. The Morgan fingerprint density at radius 1 is 1.00 bits per heavy atom. The normalized spacial score (nSPS) is 22.7. The second kappa shape index (κ2) is 7.20. The molecule has 0 atom stereocenters. The van der Waals surface area contributed by atoms with Crippen LogP contribution in [0.3, 0.4) is 0 Å². The molecule has 2 fully saturated rings. The molecule has 0 spiro atoms. The molecule has 4 heteroatoms. The van der Waals surface area contributed by atoms with E-state index >= 15 is 0 Å². The Kier molecular flexibility index (Phi) is 6.66. The summed E-state index contributed by atoms with van der Waals surface area (Å²) in [5.74, 6) is 0. The van der Waals surface area contributed by atoms with Gasteiger partial charge in [0, 0.05) is 23.9 Å². The first kappa shape index (κ1) is 12.9. The van der Waals surface area contributed by atoms with Gasteiger partial charge in [0.05, 0.1) is 12.2 Å². The highest BCUT2D eigenvalue weighted by molar-refractivity contribution is 9.09. The molecule has 0 N–H and O–H groups in total. The molecule has 0 aromatic heterocycles. The summed E-state index contributed by atoms with van der Waals surface area (Å²) in [7, 11) is 0. The highest BCUT2D eigenvalue weighted by atomic mass is 79.9. The van der Waals surface area contributed by atoms with Crippen molar-refractivity contribution < 1.29 is 9.47 Å². The van der Waals surface area contributed by atoms with Crippen LogP contribution in [0, 0.1) is 0 Å². The van der Waals surface area contributed by atoms with Gasteiger partial charge in [-0.05, 0) is 25.7 Å². The predicted octanol–water partition coefficient (Wildman–Crippen LogP) is 3.12. The molecule has 0 amide bonds. The van der Waals surface area contributed by atoms with E-state index in [1.807, 2.05) is 0 Å². The lowest BCUT2D eigenvalue weighted by Crippen LogP contribution is -2.44. The largest absolute Gasteiger partial charge is 0.381 e. The molecule has 2 aliphatic heterocycles. The van der Waals surface area contributed by atoms with Gasteiger partial charge in [-0.2, -0.15) is 0 Å². The minimum absolute atomic E-state index is 0.229. The minimum Gasteiger partial charge on any atom is -0.381 e. The van der Waals surface area contributed by atoms with Gasteiger partial charge in [0.1, 0.15) is 0 Å². The molecule has 2 aliphatic rings. The third-order valence-electron chi connectivity index (χ3n) is 2.64. The second-order valence-electron chi connectivity index (χ2n) is 3.63. The van der Waals surface area contributed by atoms with Gasteiger partial charge in [0.25, 0.3) is 0 Å². The Balaban J connectivity index is 0.000000203. The summed E-state index contributed by atoms with van der Waals surface area (Å²) in [6.07, 6.45) is 4.82. The van der Waals surface area contributed by atoms with E-state index < -0.39 is 0 Å². The predicted molar refractivity (Wildman–Crippen MR) is 65.6 cm³/mol. The zero-order chi connectivity index (χ0) is 10.3. The van der Waals surface area contributed by atoms with Crippen molar-refractivity contribution in [2.75, 3.05) is 30.5 Å². The van der Waals surface area contributed by atoms with Crippen molar-refractivity contribution in [2.24, 2.45) is 0 Å². The fourth-order valence-corrected chi connectivity index (χ4v) is 2.84. The second-order valence-corrected chi connectivity index (χ2v) is 5.21. The number of rotatable bonds is 4. The number of halogens is 2. The molecule has 2 saturated heterocycles. The summed E-state index contributed by atoms with van der Waals surface area (Å²) < 4.78 is 10.3. The zero-order valence-corrected chi connectivity index (χ0v) is 11.6. The van der Waals surface area contributed by atoms with Gasteiger partial charge in [0.15, 0.2) is 0 Å². The molecule has 2 heterocycles. The van der Waals surface area contributed by atoms with Gasteiger partial charge in [-0.15, -0.1) is 0 Å². The lowest BCUT2D eigenvalue weighted by atomic mass is 9.89. The molecule has 0 aliphatic carbocycles. The van der Waals surface area contributed by atoms with Crippen LogP contribution in [-0.4, -0.2) is 36.1 Å². The number of ether oxygens (including phenoxy) is 2. The van der Waals surface area contributed by atoms with Gasteiger partial charge >= 0.3 is 0 Å². The van der Waals surface area contributed by atoms with Crippen LogP contribution in [0.15, 0.2) is 0 Å². The lowest BCUT2D eigenvalue weighted by molar-refractivity contribution is -0.148. The van der Waals surface area contributed by atoms with E-state index in [1.54, 1.807) is 0 Å². The van der Waals surface area contributed by atoms with Gasteiger partial charge < -0.3 is 9.47 Å². The first-order chi connectivity index (χ1) is 6.83. The maximum absolute atomic E-state index is 5.54. The summed E-state index contributed by atoms with van der Waals surface area (Å²) >= 11 is 6.87. The van der Waals surface area contributed by atoms with Gasteiger partial charge in [-0.1, -0.05) is 31.9 Å². The van der Waals surface area contributed by atoms with Crippen molar-refractivity contribution in [3.05, 3.63) is 0 Å². The molecule has 0 unspecified atom stereocenters. The minimum atomic E-state index is 0.229. The van der Waals surface area contributed by atoms with Crippen LogP contribution in [0.1, 0.15) is 25.7 Å². The zero-order valence-electron chi connectivity index (χ0n) is 8.44. The highest BCUT2D eigenvalue weighted by Crippen LogP contribution is 2.34. The van der Waals surface area contributed by atoms with Crippen molar-refractivity contribution >= 4 is 31.9 Å². The topological polar surface area (TPSA) is 18.5 Å². The average Bonchev–Trinajstić information content (AvgIpc) is 1.98. The van der Waals surface area contributed by atoms with Crippen molar-refractivity contribution in [2.45, 2.75) is 31.3 Å². The van der Waals surface area contributed by atoms with Crippen molar-refractivity contribution in [1.82, 2.24) is 0 Å². The van der Waals surface area contributed by atoms with Crippen LogP contribution < -0.4 is 0 Å². The van der Waals surface area contributed by atoms with Gasteiger partial charge in [-0.25, -0.2) is 0 Å². The molecule has 0 radical (unpaired) electrons. The lowest BCUT2D eigenvalue weighted by Gasteiger charge is -2.41. The van der Waals surface area contributed by atoms with E-state index in [2.05, 4.69) is 31.9 Å². The van der Waals surface area contributed by atoms with Crippen LogP contribution in [0.25, 0.3) is 0 Å². The molecule has 2 nitrogen and oxygen atoms in total. The quantitative estimate of drug-likeness (QED) is 0.738. The van der Waals surface area contributed by atoms with E-state index in [4.69, 9.17) is 9.47 Å². The van der Waals surface area contributed by atoms with Crippen LogP contribution in [-0.2, 0) is 9.47 Å². The number of hydrogen-bond acceptors (Lipinski definition) is 2. The standard InChI is InChI=1S/C7H12Br2O.C3H6O/c8-4-1-7(2-5-9)3-6-10-7;1-2-4-3-1/h1-6H2;1-3H2. The molecule has 14 heavy (non-hydrogen) atoms. The third kappa shape index (κ3) is 4.17. The molecule has 0 bridgehead atoms. The van der Waals surface area contributed by atoms with Crippen molar-refractivity contribution in [1.29, 1.82) is 0 Å². The summed E-state index contributed by atoms with van der Waals surface area (Å²) in [4.78, 5) is 0. The summed E-state index contributed by atoms with van der Waals surface area (Å²) in [6, 6.07) is 0. The van der Waals surface area contributed by atoms with Crippen molar-refractivity contribution in [3.63, 3.8) is 0 Å². The fourth-order valence-electron chi connectivity index (χ4n) is 1.40. The molecular weight excluding hydrogens is 312 g/mol. The highest BCUT2D eigenvalue weighted by Gasteiger charge is 2.36. The Bertz CT molecular complexity index is 133. The van der Waals surface area contributed by atoms with E-state index in [0.717, 1.165) is 43.3 Å². The average molecular weight is 330 g/mol. The smallest absolute Gasteiger partial charge is 0.0720 e. The van der Waals surface area contributed by atoms with E-state index in [1.165, 1.54) is 12.8 Å². The summed E-state index contributed by atoms with van der Waals surface area (Å²) in [6.45, 7) is 2.96. The Hall–Kier alpha value is 0.880. The molecule has 0 aromatic rings. The Morgan fingerprint density at radius 3 is 1.57 bits per heavy atom. The maximum atomic E-state index is 5.54. The molecular formula is C10H18Br2O2. The van der Waals surface area contributed by atoms with Gasteiger partial charge in [-0.3, -0.25) is 0 Å². The maximum Gasteiger partial charge on any atom is 0.0720 e. The number of hydrogen-bond donors (Lipinski definition) is 0. The van der Waals surface area contributed by atoms with Crippen LogP contribution in [0.4, 0.5) is 0 Å². The van der Waals surface area contributed by atoms with E-state index in [9.17, 15) is 0 Å². The molecule has 84 valence electrons. The summed E-state index contributed by atoms with van der Waals surface area (Å²) in [5, 5.41) is 2.11. The number of alkyl halides is 2. The van der Waals surface area contributed by atoms with Crippen molar-refractivity contribution in [3.8, 4) is 0 Å². The Labute approximate surface area is 103 Å². The molecule has 0 saturated carbocycles. The van der Waals surface area contributed by atoms with Crippen LogP contribution >= 0.6 is 31.9 Å². The van der Waals surface area contributed by atoms with Gasteiger partial charge in [0.2, 0.25) is 0 Å². The first-order valence-electron chi connectivity index (χ1n) is 5.17. The monoisotopic (exact) mass is 328 g/mol. The van der Waals surface area contributed by atoms with E-state index in [0.29, 0.717) is 0 Å². The fraction of sp³-hybridized carbons (Fsp3) is 1.00. The SMILES string of the molecule is BrCCC1(CCBr)CCO1.C1COC1. The molecule has 0 aromatic carbocycles. The molecule has 2 rings (SSSR count).